The second-order valence-corrected chi connectivity index (χ2v) is 7.92. The van der Waals surface area contributed by atoms with E-state index in [0.717, 1.165) is 46.4 Å². The zero-order chi connectivity index (χ0) is 20.6. The lowest BCUT2D eigenvalue weighted by Gasteiger charge is -2.38. The molecule has 156 valence electrons. The Bertz CT molecular complexity index is 1090. The van der Waals surface area contributed by atoms with Crippen molar-refractivity contribution in [3.05, 3.63) is 59.5 Å². The fraction of sp³-hybridized carbons (Fsp3) is 0.348. The molecule has 0 bridgehead atoms. The summed E-state index contributed by atoms with van der Waals surface area (Å²) < 4.78 is 30.2. The molecule has 6 nitrogen and oxygen atoms in total. The number of amides is 1. The third kappa shape index (κ3) is 3.50. The lowest BCUT2D eigenvalue weighted by molar-refractivity contribution is -0.120. The molecule has 30 heavy (non-hydrogen) atoms. The fourth-order valence-electron chi connectivity index (χ4n) is 4.36. The Balaban J connectivity index is 1.33. The quantitative estimate of drug-likeness (QED) is 0.676. The van der Waals surface area contributed by atoms with Gasteiger partial charge in [-0.25, -0.2) is 4.39 Å². The van der Waals surface area contributed by atoms with Crippen molar-refractivity contribution in [3.63, 3.8) is 0 Å². The van der Waals surface area contributed by atoms with Crippen LogP contribution in [0.2, 0.25) is 0 Å². The number of fused-ring (bicyclic) bond motifs is 2. The van der Waals surface area contributed by atoms with Crippen LogP contribution in [0.1, 0.15) is 24.0 Å². The molecule has 2 aliphatic rings. The average Bonchev–Trinajstić information content (AvgIpc) is 3.39. The van der Waals surface area contributed by atoms with Crippen LogP contribution >= 0.6 is 0 Å². The first-order chi connectivity index (χ1) is 14.6. The molecular weight excluding hydrogens is 387 g/mol. The van der Waals surface area contributed by atoms with Crippen molar-refractivity contribution in [2.75, 3.05) is 26.6 Å². The van der Waals surface area contributed by atoms with E-state index in [9.17, 15) is 9.18 Å². The second-order valence-electron chi connectivity index (χ2n) is 7.92. The largest absolute Gasteiger partial charge is 0.454 e. The molecule has 0 radical (unpaired) electrons. The number of aromatic nitrogens is 1. The standard InChI is InChI=1S/C23H23FN2O4/c24-17-2-3-19-18(11-17)15(12-25-19)9-22(27)26-13-23(5-7-28-8-6-23)16-1-4-20-21(10-16)30-14-29-20/h1-4,10-12,25H,5-9,13-14H2,(H,26,27). The second kappa shape index (κ2) is 7.65. The number of H-pyrrole nitrogens is 1. The number of hydrogen-bond acceptors (Lipinski definition) is 4. The topological polar surface area (TPSA) is 72.6 Å². The highest BCUT2D eigenvalue weighted by Crippen LogP contribution is 2.40. The minimum atomic E-state index is -0.312. The molecule has 2 aromatic carbocycles. The summed E-state index contributed by atoms with van der Waals surface area (Å²) in [4.78, 5) is 15.8. The maximum Gasteiger partial charge on any atom is 0.231 e. The SMILES string of the molecule is O=C(Cc1c[nH]c2ccc(F)cc12)NCC1(c2ccc3c(c2)OCO3)CCOCC1. The van der Waals surface area contributed by atoms with Crippen molar-refractivity contribution in [3.8, 4) is 11.5 Å². The van der Waals surface area contributed by atoms with Crippen molar-refractivity contribution in [1.82, 2.24) is 10.3 Å². The van der Waals surface area contributed by atoms with E-state index in [1.807, 2.05) is 18.2 Å². The predicted octanol–water partition coefficient (Wildman–Crippen LogP) is 3.44. The molecular formula is C23H23FN2O4. The van der Waals surface area contributed by atoms with E-state index in [1.54, 1.807) is 12.3 Å². The molecule has 1 fully saturated rings. The van der Waals surface area contributed by atoms with Gasteiger partial charge in [0.15, 0.2) is 11.5 Å². The van der Waals surface area contributed by atoms with Gasteiger partial charge in [-0.15, -0.1) is 0 Å². The van der Waals surface area contributed by atoms with Gasteiger partial charge in [0.05, 0.1) is 6.42 Å². The lowest BCUT2D eigenvalue weighted by Crippen LogP contribution is -2.45. The Labute approximate surface area is 173 Å². The first kappa shape index (κ1) is 18.9. The first-order valence-corrected chi connectivity index (χ1v) is 10.1. The zero-order valence-electron chi connectivity index (χ0n) is 16.5. The summed E-state index contributed by atoms with van der Waals surface area (Å²) in [7, 11) is 0. The Hall–Kier alpha value is -3.06. The Morgan fingerprint density at radius 3 is 2.80 bits per heavy atom. The monoisotopic (exact) mass is 410 g/mol. The Kier molecular flexibility index (Phi) is 4.83. The van der Waals surface area contributed by atoms with Gasteiger partial charge in [-0.1, -0.05) is 6.07 Å². The summed E-state index contributed by atoms with van der Waals surface area (Å²) in [6.07, 6.45) is 3.58. The summed E-state index contributed by atoms with van der Waals surface area (Å²) in [6.45, 7) is 2.03. The van der Waals surface area contributed by atoms with Crippen molar-refractivity contribution in [2.24, 2.45) is 0 Å². The maximum atomic E-state index is 13.6. The van der Waals surface area contributed by atoms with Gasteiger partial charge in [0.25, 0.3) is 0 Å². The highest BCUT2D eigenvalue weighted by Gasteiger charge is 2.36. The zero-order valence-corrected chi connectivity index (χ0v) is 16.5. The average molecular weight is 410 g/mol. The molecule has 1 amide bonds. The van der Waals surface area contributed by atoms with E-state index in [1.165, 1.54) is 12.1 Å². The fourth-order valence-corrected chi connectivity index (χ4v) is 4.36. The van der Waals surface area contributed by atoms with Gasteiger partial charge in [-0.3, -0.25) is 4.79 Å². The minimum absolute atomic E-state index is 0.0910. The van der Waals surface area contributed by atoms with Gasteiger partial charge in [0.2, 0.25) is 12.7 Å². The van der Waals surface area contributed by atoms with Gasteiger partial charge in [0, 0.05) is 42.3 Å². The van der Waals surface area contributed by atoms with Gasteiger partial charge < -0.3 is 24.5 Å². The van der Waals surface area contributed by atoms with Crippen molar-refractivity contribution >= 4 is 16.8 Å². The van der Waals surface area contributed by atoms with Crippen LogP contribution < -0.4 is 14.8 Å². The third-order valence-electron chi connectivity index (χ3n) is 6.14. The van der Waals surface area contributed by atoms with E-state index < -0.39 is 0 Å². The molecule has 7 heteroatoms. The summed E-state index contributed by atoms with van der Waals surface area (Å²) >= 11 is 0. The molecule has 0 aliphatic carbocycles. The normalized spacial score (nSPS) is 17.2. The van der Waals surface area contributed by atoms with Crippen LogP contribution in [0.4, 0.5) is 4.39 Å². The number of aromatic amines is 1. The molecule has 1 aromatic heterocycles. The van der Waals surface area contributed by atoms with Crippen molar-refractivity contribution in [2.45, 2.75) is 24.7 Å². The van der Waals surface area contributed by atoms with Crippen LogP contribution in [0.5, 0.6) is 11.5 Å². The molecule has 0 spiro atoms. The Morgan fingerprint density at radius 2 is 1.93 bits per heavy atom. The highest BCUT2D eigenvalue weighted by atomic mass is 19.1. The van der Waals surface area contributed by atoms with Crippen molar-refractivity contribution in [1.29, 1.82) is 0 Å². The number of nitrogens with one attached hydrogen (secondary N) is 2. The lowest BCUT2D eigenvalue weighted by atomic mass is 9.74. The number of benzene rings is 2. The number of halogens is 1. The van der Waals surface area contributed by atoms with Crippen LogP contribution in [-0.4, -0.2) is 37.4 Å². The molecule has 1 saturated heterocycles. The number of ether oxygens (including phenoxy) is 3. The number of carbonyl (C=O) groups is 1. The molecule has 5 rings (SSSR count). The van der Waals surface area contributed by atoms with Crippen LogP contribution in [-0.2, 0) is 21.4 Å². The minimum Gasteiger partial charge on any atom is -0.454 e. The summed E-state index contributed by atoms with van der Waals surface area (Å²) in [6, 6.07) is 10.5. The van der Waals surface area contributed by atoms with E-state index in [2.05, 4.69) is 10.3 Å². The van der Waals surface area contributed by atoms with Crippen LogP contribution in [0.3, 0.4) is 0 Å². The Morgan fingerprint density at radius 1 is 1.10 bits per heavy atom. The molecule has 3 aromatic rings. The smallest absolute Gasteiger partial charge is 0.231 e. The number of carbonyl (C=O) groups excluding carboxylic acids is 1. The van der Waals surface area contributed by atoms with E-state index >= 15 is 0 Å². The van der Waals surface area contributed by atoms with Crippen LogP contribution in [0, 0.1) is 5.82 Å². The van der Waals surface area contributed by atoms with Crippen molar-refractivity contribution < 1.29 is 23.4 Å². The van der Waals surface area contributed by atoms with Gasteiger partial charge in [0.1, 0.15) is 5.82 Å². The van der Waals surface area contributed by atoms with Gasteiger partial charge in [-0.05, 0) is 54.3 Å². The van der Waals surface area contributed by atoms with E-state index in [4.69, 9.17) is 14.2 Å². The molecule has 2 aliphatic heterocycles. The summed E-state index contributed by atoms with van der Waals surface area (Å²) in [5.74, 6) is 1.08. The number of rotatable bonds is 5. The molecule has 2 N–H and O–H groups in total. The maximum absolute atomic E-state index is 13.6. The molecule has 3 heterocycles. The summed E-state index contributed by atoms with van der Waals surface area (Å²) in [5.41, 5.74) is 2.50. The summed E-state index contributed by atoms with van der Waals surface area (Å²) in [5, 5.41) is 3.84. The first-order valence-electron chi connectivity index (χ1n) is 10.1. The molecule has 0 atom stereocenters. The predicted molar refractivity (Wildman–Crippen MR) is 109 cm³/mol. The van der Waals surface area contributed by atoms with Crippen LogP contribution in [0.15, 0.2) is 42.6 Å². The highest BCUT2D eigenvalue weighted by molar-refractivity contribution is 5.89. The molecule has 0 saturated carbocycles. The number of hydrogen-bond donors (Lipinski definition) is 2. The van der Waals surface area contributed by atoms with E-state index in [-0.39, 0.29) is 30.4 Å². The third-order valence-corrected chi connectivity index (χ3v) is 6.14. The van der Waals surface area contributed by atoms with Gasteiger partial charge >= 0.3 is 0 Å². The van der Waals surface area contributed by atoms with Gasteiger partial charge in [-0.2, -0.15) is 0 Å². The molecule has 0 unspecified atom stereocenters. The van der Waals surface area contributed by atoms with E-state index in [0.29, 0.717) is 19.8 Å². The van der Waals surface area contributed by atoms with Crippen LogP contribution in [0.25, 0.3) is 10.9 Å².